The minimum absolute atomic E-state index is 0.00321. The molecule has 1 aliphatic heterocycles. The van der Waals surface area contributed by atoms with E-state index in [0.29, 0.717) is 23.3 Å². The molecule has 0 radical (unpaired) electrons. The normalized spacial score (nSPS) is 19.7. The maximum Gasteiger partial charge on any atom is 0.225 e. The molecule has 4 nitrogen and oxygen atoms in total. The van der Waals surface area contributed by atoms with Gasteiger partial charge in [-0.1, -0.05) is 17.7 Å². The van der Waals surface area contributed by atoms with Gasteiger partial charge in [0.15, 0.2) is 0 Å². The summed E-state index contributed by atoms with van der Waals surface area (Å²) in [5, 5.41) is 6.37. The smallest absolute Gasteiger partial charge is 0.225 e. The van der Waals surface area contributed by atoms with Crippen LogP contribution in [0.2, 0.25) is 5.15 Å². The summed E-state index contributed by atoms with van der Waals surface area (Å²) < 4.78 is 0. The Hall–Kier alpha value is -1.13. The van der Waals surface area contributed by atoms with Crippen LogP contribution in [0.25, 0.3) is 0 Å². The van der Waals surface area contributed by atoms with E-state index in [1.807, 2.05) is 0 Å². The molecule has 1 saturated heterocycles. The Labute approximate surface area is 99.4 Å². The molecule has 1 aliphatic rings. The van der Waals surface area contributed by atoms with E-state index in [4.69, 9.17) is 11.6 Å². The summed E-state index contributed by atoms with van der Waals surface area (Å²) in [6, 6.07) is 5.18. The number of nitrogens with zero attached hydrogens (tertiary/aromatic N) is 1. The molecule has 2 N–H and O–H groups in total. The molecule has 2 heterocycles. The van der Waals surface area contributed by atoms with Crippen molar-refractivity contribution in [2.45, 2.75) is 12.8 Å². The summed E-state index contributed by atoms with van der Waals surface area (Å²) in [5.74, 6) is 0.964. The number of amides is 1. The molecule has 1 aromatic heterocycles. The van der Waals surface area contributed by atoms with Crippen LogP contribution in [0.15, 0.2) is 18.2 Å². The van der Waals surface area contributed by atoms with E-state index in [2.05, 4.69) is 15.6 Å². The zero-order chi connectivity index (χ0) is 11.4. The Balaban J connectivity index is 1.86. The summed E-state index contributed by atoms with van der Waals surface area (Å²) in [4.78, 5) is 15.7. The lowest BCUT2D eigenvalue weighted by Crippen LogP contribution is -2.18. The highest BCUT2D eigenvalue weighted by atomic mass is 35.5. The van der Waals surface area contributed by atoms with Crippen molar-refractivity contribution in [2.75, 3.05) is 18.4 Å². The molecule has 1 fully saturated rings. The van der Waals surface area contributed by atoms with Gasteiger partial charge in [-0.3, -0.25) is 4.79 Å². The maximum absolute atomic E-state index is 11.7. The molecule has 1 unspecified atom stereocenters. The van der Waals surface area contributed by atoms with Crippen molar-refractivity contribution in [3.8, 4) is 0 Å². The Bertz CT molecular complexity index is 377. The predicted molar refractivity (Wildman–Crippen MR) is 63.5 cm³/mol. The molecule has 16 heavy (non-hydrogen) atoms. The second kappa shape index (κ2) is 5.27. The molecule has 0 bridgehead atoms. The molecule has 0 aliphatic carbocycles. The quantitative estimate of drug-likeness (QED) is 0.789. The number of anilines is 1. The first-order chi connectivity index (χ1) is 7.74. The maximum atomic E-state index is 11.7. The molecule has 0 spiro atoms. The topological polar surface area (TPSA) is 54.0 Å². The number of hydrogen-bond acceptors (Lipinski definition) is 3. The minimum atomic E-state index is 0.00321. The summed E-state index contributed by atoms with van der Waals surface area (Å²) in [6.45, 7) is 1.93. The Kier molecular flexibility index (Phi) is 3.74. The van der Waals surface area contributed by atoms with Crippen LogP contribution in [0, 0.1) is 5.92 Å². The van der Waals surface area contributed by atoms with Crippen LogP contribution < -0.4 is 10.6 Å². The van der Waals surface area contributed by atoms with Gasteiger partial charge in [-0.2, -0.15) is 0 Å². The van der Waals surface area contributed by atoms with Crippen molar-refractivity contribution in [3.63, 3.8) is 0 Å². The van der Waals surface area contributed by atoms with E-state index in [0.717, 1.165) is 19.5 Å². The van der Waals surface area contributed by atoms with Crippen molar-refractivity contribution in [3.05, 3.63) is 23.4 Å². The average Bonchev–Trinajstić information content (AvgIpc) is 2.70. The third kappa shape index (κ3) is 3.18. The van der Waals surface area contributed by atoms with Gasteiger partial charge in [0.2, 0.25) is 5.91 Å². The highest BCUT2D eigenvalue weighted by Gasteiger charge is 2.18. The van der Waals surface area contributed by atoms with Gasteiger partial charge in [0.1, 0.15) is 11.0 Å². The number of carbonyl (C=O) groups excluding carboxylic acids is 1. The van der Waals surface area contributed by atoms with Gasteiger partial charge >= 0.3 is 0 Å². The number of nitrogens with one attached hydrogen (secondary N) is 2. The molecular weight excluding hydrogens is 226 g/mol. The molecule has 0 saturated carbocycles. The number of rotatable bonds is 3. The lowest BCUT2D eigenvalue weighted by atomic mass is 10.0. The highest BCUT2D eigenvalue weighted by Crippen LogP contribution is 2.14. The van der Waals surface area contributed by atoms with Gasteiger partial charge in [-0.05, 0) is 37.6 Å². The first-order valence-corrected chi connectivity index (χ1v) is 5.75. The van der Waals surface area contributed by atoms with Gasteiger partial charge < -0.3 is 10.6 Å². The average molecular weight is 240 g/mol. The second-order valence-corrected chi connectivity index (χ2v) is 4.34. The fraction of sp³-hybridized carbons (Fsp3) is 0.455. The van der Waals surface area contributed by atoms with Crippen LogP contribution in [-0.4, -0.2) is 24.0 Å². The largest absolute Gasteiger partial charge is 0.316 e. The van der Waals surface area contributed by atoms with Crippen LogP contribution in [0.5, 0.6) is 0 Å². The molecule has 5 heteroatoms. The second-order valence-electron chi connectivity index (χ2n) is 3.96. The summed E-state index contributed by atoms with van der Waals surface area (Å²) in [6.07, 6.45) is 1.61. The number of pyridine rings is 1. The molecule has 86 valence electrons. The van der Waals surface area contributed by atoms with Crippen molar-refractivity contribution in [1.29, 1.82) is 0 Å². The zero-order valence-corrected chi connectivity index (χ0v) is 9.63. The fourth-order valence-electron chi connectivity index (χ4n) is 1.82. The fourth-order valence-corrected chi connectivity index (χ4v) is 1.99. The van der Waals surface area contributed by atoms with Crippen molar-refractivity contribution in [1.82, 2.24) is 10.3 Å². The summed E-state index contributed by atoms with van der Waals surface area (Å²) >= 11 is 5.73. The summed E-state index contributed by atoms with van der Waals surface area (Å²) in [7, 11) is 0. The van der Waals surface area contributed by atoms with Gasteiger partial charge in [0.25, 0.3) is 0 Å². The Morgan fingerprint density at radius 3 is 3.19 bits per heavy atom. The van der Waals surface area contributed by atoms with Gasteiger partial charge in [0, 0.05) is 6.42 Å². The van der Waals surface area contributed by atoms with Crippen molar-refractivity contribution >= 4 is 23.3 Å². The van der Waals surface area contributed by atoms with Gasteiger partial charge in [0.05, 0.1) is 0 Å². The predicted octanol–water partition coefficient (Wildman–Crippen LogP) is 1.67. The Morgan fingerprint density at radius 2 is 2.50 bits per heavy atom. The van der Waals surface area contributed by atoms with E-state index >= 15 is 0 Å². The van der Waals surface area contributed by atoms with E-state index in [1.54, 1.807) is 18.2 Å². The first kappa shape index (κ1) is 11.4. The van der Waals surface area contributed by atoms with Crippen molar-refractivity contribution < 1.29 is 4.79 Å². The van der Waals surface area contributed by atoms with E-state index < -0.39 is 0 Å². The summed E-state index contributed by atoms with van der Waals surface area (Å²) in [5.41, 5.74) is 0. The van der Waals surface area contributed by atoms with Gasteiger partial charge in [-0.25, -0.2) is 4.98 Å². The van der Waals surface area contributed by atoms with Crippen LogP contribution in [0.1, 0.15) is 12.8 Å². The number of carbonyl (C=O) groups is 1. The molecule has 1 aromatic rings. The standard InChI is InChI=1S/C11H14ClN3O/c12-9-2-1-3-10(14-9)15-11(16)6-8-4-5-13-7-8/h1-3,8,13H,4-7H2,(H,14,15,16). The minimum Gasteiger partial charge on any atom is -0.316 e. The van der Waals surface area contributed by atoms with Crippen LogP contribution in [0.3, 0.4) is 0 Å². The monoisotopic (exact) mass is 239 g/mol. The van der Waals surface area contributed by atoms with Gasteiger partial charge in [-0.15, -0.1) is 0 Å². The molecule has 1 atom stereocenters. The van der Waals surface area contributed by atoms with Crippen LogP contribution >= 0.6 is 11.6 Å². The molecule has 1 amide bonds. The molecule has 2 rings (SSSR count). The lowest BCUT2D eigenvalue weighted by molar-refractivity contribution is -0.117. The van der Waals surface area contributed by atoms with Crippen molar-refractivity contribution in [2.24, 2.45) is 5.92 Å². The highest BCUT2D eigenvalue weighted by molar-refractivity contribution is 6.29. The number of hydrogen-bond donors (Lipinski definition) is 2. The SMILES string of the molecule is O=C(CC1CCNC1)Nc1cccc(Cl)n1. The van der Waals surface area contributed by atoms with Crippen LogP contribution in [-0.2, 0) is 4.79 Å². The number of aromatic nitrogens is 1. The van der Waals surface area contributed by atoms with E-state index in [9.17, 15) is 4.79 Å². The first-order valence-electron chi connectivity index (χ1n) is 5.37. The third-order valence-corrected chi connectivity index (χ3v) is 2.83. The zero-order valence-electron chi connectivity index (χ0n) is 8.87. The van der Waals surface area contributed by atoms with E-state index in [-0.39, 0.29) is 5.91 Å². The Morgan fingerprint density at radius 1 is 1.62 bits per heavy atom. The third-order valence-electron chi connectivity index (χ3n) is 2.62. The van der Waals surface area contributed by atoms with E-state index in [1.165, 1.54) is 0 Å². The van der Waals surface area contributed by atoms with Crippen LogP contribution in [0.4, 0.5) is 5.82 Å². The molecular formula is C11H14ClN3O. The number of halogens is 1. The lowest BCUT2D eigenvalue weighted by Gasteiger charge is -2.08. The molecule has 0 aromatic carbocycles.